The molecule has 0 aliphatic rings. The molecule has 0 spiro atoms. The first-order chi connectivity index (χ1) is 10.3. The van der Waals surface area contributed by atoms with Gasteiger partial charge in [-0.1, -0.05) is 25.1 Å². The summed E-state index contributed by atoms with van der Waals surface area (Å²) in [5.41, 5.74) is 0.743. The highest BCUT2D eigenvalue weighted by molar-refractivity contribution is 6.11. The fourth-order valence-corrected chi connectivity index (χ4v) is 2.39. The van der Waals surface area contributed by atoms with Gasteiger partial charge in [-0.05, 0) is 12.0 Å². The van der Waals surface area contributed by atoms with E-state index in [1.165, 1.54) is 17.7 Å². The van der Waals surface area contributed by atoms with Crippen LogP contribution in [0, 0.1) is 0 Å². The van der Waals surface area contributed by atoms with E-state index in [0.29, 0.717) is 11.9 Å². The lowest BCUT2D eigenvalue weighted by Crippen LogP contribution is -2.22. The average molecular weight is 313 g/mol. The molecular formula is C15H14F3NO3. The number of benzene rings is 1. The summed E-state index contributed by atoms with van der Waals surface area (Å²) < 4.78 is 44.1. The molecule has 0 bridgehead atoms. The van der Waals surface area contributed by atoms with Crippen LogP contribution >= 0.6 is 0 Å². The van der Waals surface area contributed by atoms with Gasteiger partial charge in [0, 0.05) is 11.6 Å². The van der Waals surface area contributed by atoms with Crippen LogP contribution in [-0.4, -0.2) is 29.6 Å². The topological polar surface area (TPSA) is 48.3 Å². The van der Waals surface area contributed by atoms with Crippen LogP contribution in [0.2, 0.25) is 0 Å². The van der Waals surface area contributed by atoms with Crippen LogP contribution in [0.1, 0.15) is 22.8 Å². The SMILES string of the molecule is CCc1cccc2c(C(=O)C(F)(F)F)cn(CC(=O)OC)c12. The number of esters is 1. The minimum absolute atomic E-state index is 0.186. The molecule has 0 aliphatic carbocycles. The number of para-hydroxylation sites is 1. The Morgan fingerprint density at radius 2 is 1.95 bits per heavy atom. The van der Waals surface area contributed by atoms with Crippen molar-refractivity contribution in [3.63, 3.8) is 0 Å². The van der Waals surface area contributed by atoms with Gasteiger partial charge >= 0.3 is 12.1 Å². The highest BCUT2D eigenvalue weighted by Crippen LogP contribution is 2.30. The number of carbonyl (C=O) groups is 2. The molecule has 0 N–H and O–H groups in total. The second-order valence-electron chi connectivity index (χ2n) is 4.74. The molecule has 4 nitrogen and oxygen atoms in total. The molecule has 2 rings (SSSR count). The number of ketones is 1. The van der Waals surface area contributed by atoms with Gasteiger partial charge in [-0.15, -0.1) is 0 Å². The van der Waals surface area contributed by atoms with Crippen molar-refractivity contribution in [3.8, 4) is 0 Å². The smallest absolute Gasteiger partial charge is 0.454 e. The minimum atomic E-state index is -4.97. The van der Waals surface area contributed by atoms with Crippen molar-refractivity contribution in [1.29, 1.82) is 0 Å². The second-order valence-corrected chi connectivity index (χ2v) is 4.74. The standard InChI is InChI=1S/C15H14F3NO3/c1-3-9-5-4-6-10-11(14(21)15(16,17)18)7-19(13(9)10)8-12(20)22-2/h4-7H,3,8H2,1-2H3. The van der Waals surface area contributed by atoms with Gasteiger partial charge in [0.15, 0.2) is 0 Å². The summed E-state index contributed by atoms with van der Waals surface area (Å²) in [7, 11) is 1.19. The maximum atomic E-state index is 12.7. The van der Waals surface area contributed by atoms with E-state index in [1.54, 1.807) is 12.1 Å². The molecule has 7 heteroatoms. The Kier molecular flexibility index (Phi) is 4.25. The number of hydrogen-bond donors (Lipinski definition) is 0. The fraction of sp³-hybridized carbons (Fsp3) is 0.333. The number of methoxy groups -OCH3 is 1. The summed E-state index contributed by atoms with van der Waals surface area (Å²) >= 11 is 0. The highest BCUT2D eigenvalue weighted by atomic mass is 19.4. The number of Topliss-reactive ketones (excluding diaryl/α,β-unsaturated/α-hetero) is 1. The number of ether oxygens (including phenoxy) is 1. The number of rotatable bonds is 4. The summed E-state index contributed by atoms with van der Waals surface area (Å²) in [6.45, 7) is 1.59. The fourth-order valence-electron chi connectivity index (χ4n) is 2.39. The number of halogens is 3. The number of aromatic nitrogens is 1. The Labute approximate surface area is 124 Å². The first-order valence-corrected chi connectivity index (χ1v) is 6.58. The third-order valence-electron chi connectivity index (χ3n) is 3.39. The Morgan fingerprint density at radius 1 is 1.27 bits per heavy atom. The van der Waals surface area contributed by atoms with Gasteiger partial charge in [0.05, 0.1) is 18.2 Å². The van der Waals surface area contributed by atoms with Crippen molar-refractivity contribution >= 4 is 22.7 Å². The van der Waals surface area contributed by atoms with Crippen LogP contribution in [0.25, 0.3) is 10.9 Å². The monoisotopic (exact) mass is 313 g/mol. The second kappa shape index (κ2) is 5.82. The normalized spacial score (nSPS) is 11.7. The molecule has 22 heavy (non-hydrogen) atoms. The Balaban J connectivity index is 2.69. The molecule has 0 saturated carbocycles. The molecule has 0 aliphatic heterocycles. The van der Waals surface area contributed by atoms with E-state index >= 15 is 0 Å². The largest absolute Gasteiger partial charge is 0.468 e. The molecule has 1 heterocycles. The lowest BCUT2D eigenvalue weighted by atomic mass is 10.0. The third kappa shape index (κ3) is 2.84. The average Bonchev–Trinajstić information content (AvgIpc) is 2.84. The predicted molar refractivity (Wildman–Crippen MR) is 73.7 cm³/mol. The van der Waals surface area contributed by atoms with E-state index in [-0.39, 0.29) is 11.9 Å². The zero-order valence-corrected chi connectivity index (χ0v) is 12.0. The van der Waals surface area contributed by atoms with Crippen molar-refractivity contribution in [3.05, 3.63) is 35.5 Å². The van der Waals surface area contributed by atoms with E-state index in [9.17, 15) is 22.8 Å². The Hall–Kier alpha value is -2.31. The molecule has 0 atom stereocenters. The van der Waals surface area contributed by atoms with E-state index in [1.807, 2.05) is 6.92 Å². The lowest BCUT2D eigenvalue weighted by Gasteiger charge is -2.07. The molecule has 0 saturated heterocycles. The van der Waals surface area contributed by atoms with Crippen LogP contribution in [0.4, 0.5) is 13.2 Å². The Morgan fingerprint density at radius 3 is 2.50 bits per heavy atom. The lowest BCUT2D eigenvalue weighted by molar-refractivity contribution is -0.141. The quantitative estimate of drug-likeness (QED) is 0.643. The Bertz CT molecular complexity index is 731. The van der Waals surface area contributed by atoms with Crippen molar-refractivity contribution in [2.75, 3.05) is 7.11 Å². The molecular weight excluding hydrogens is 299 g/mol. The number of hydrogen-bond acceptors (Lipinski definition) is 3. The maximum Gasteiger partial charge on any atom is 0.454 e. The van der Waals surface area contributed by atoms with Crippen molar-refractivity contribution < 1.29 is 27.5 Å². The van der Waals surface area contributed by atoms with Crippen molar-refractivity contribution in [2.45, 2.75) is 26.1 Å². The first kappa shape index (κ1) is 16.1. The van der Waals surface area contributed by atoms with Gasteiger partial charge in [-0.25, -0.2) is 0 Å². The minimum Gasteiger partial charge on any atom is -0.468 e. The van der Waals surface area contributed by atoms with Crippen LogP contribution < -0.4 is 0 Å². The summed E-state index contributed by atoms with van der Waals surface area (Å²) in [5.74, 6) is -2.52. The molecule has 1 aromatic heterocycles. The van der Waals surface area contributed by atoms with Gasteiger partial charge in [0.2, 0.25) is 0 Å². The first-order valence-electron chi connectivity index (χ1n) is 6.58. The highest BCUT2D eigenvalue weighted by Gasteiger charge is 2.41. The van der Waals surface area contributed by atoms with Crippen molar-refractivity contribution in [1.82, 2.24) is 4.57 Å². The molecule has 0 radical (unpaired) electrons. The predicted octanol–water partition coefficient (Wildman–Crippen LogP) is 3.12. The number of alkyl halides is 3. The molecule has 118 valence electrons. The van der Waals surface area contributed by atoms with Crippen LogP contribution in [-0.2, 0) is 22.5 Å². The van der Waals surface area contributed by atoms with Gasteiger partial charge in [0.25, 0.3) is 5.78 Å². The van der Waals surface area contributed by atoms with Gasteiger partial charge < -0.3 is 9.30 Å². The van der Waals surface area contributed by atoms with Crippen LogP contribution in [0.3, 0.4) is 0 Å². The number of carbonyl (C=O) groups excluding carboxylic acids is 2. The van der Waals surface area contributed by atoms with Crippen molar-refractivity contribution in [2.24, 2.45) is 0 Å². The van der Waals surface area contributed by atoms with Gasteiger partial charge in [-0.3, -0.25) is 9.59 Å². The summed E-state index contributed by atoms with van der Waals surface area (Å²) in [6, 6.07) is 4.79. The van der Waals surface area contributed by atoms with Gasteiger partial charge in [-0.2, -0.15) is 13.2 Å². The van der Waals surface area contributed by atoms with Crippen LogP contribution in [0.5, 0.6) is 0 Å². The molecule has 0 unspecified atom stereocenters. The van der Waals surface area contributed by atoms with Crippen LogP contribution in [0.15, 0.2) is 24.4 Å². The summed E-state index contributed by atoms with van der Waals surface area (Å²) in [6.07, 6.45) is -3.34. The number of fused-ring (bicyclic) bond motifs is 1. The van der Waals surface area contributed by atoms with E-state index in [2.05, 4.69) is 4.74 Å². The van der Waals surface area contributed by atoms with E-state index in [0.717, 1.165) is 11.8 Å². The molecule has 0 amide bonds. The zero-order valence-electron chi connectivity index (χ0n) is 12.0. The molecule has 0 fully saturated rings. The number of nitrogens with zero attached hydrogens (tertiary/aromatic N) is 1. The van der Waals surface area contributed by atoms with Gasteiger partial charge in [0.1, 0.15) is 6.54 Å². The molecule has 2 aromatic rings. The summed E-state index contributed by atoms with van der Waals surface area (Å²) in [4.78, 5) is 23.0. The zero-order chi connectivity index (χ0) is 16.5. The third-order valence-corrected chi connectivity index (χ3v) is 3.39. The summed E-state index contributed by atoms with van der Waals surface area (Å²) in [5, 5.41) is 0.186. The maximum absolute atomic E-state index is 12.7. The molecule has 1 aromatic carbocycles. The number of aryl methyl sites for hydroxylation is 1. The van der Waals surface area contributed by atoms with E-state index in [4.69, 9.17) is 0 Å². The van der Waals surface area contributed by atoms with E-state index < -0.39 is 23.5 Å².